The fraction of sp³-hybridized carbons (Fsp3) is 0.462. The fourth-order valence-electron chi connectivity index (χ4n) is 1.81. The molecule has 1 aromatic rings. The van der Waals surface area contributed by atoms with Crippen molar-refractivity contribution in [1.82, 2.24) is 4.72 Å². The number of carbonyl (C=O) groups excluding carboxylic acids is 3. The average Bonchev–Trinajstić information content (AvgIpc) is 2.88. The molecule has 0 aliphatic rings. The third-order valence-electron chi connectivity index (χ3n) is 2.97. The first-order valence-electron chi connectivity index (χ1n) is 6.65. The molecule has 9 nitrogen and oxygen atoms in total. The Bertz CT molecular complexity index is 750. The maximum absolute atomic E-state index is 12.4. The van der Waals surface area contributed by atoms with E-state index >= 15 is 0 Å². The zero-order valence-electron chi connectivity index (χ0n) is 13.2. The molecule has 11 heteroatoms. The number of aliphatic carboxylic acids is 1. The minimum absolute atomic E-state index is 0.0172. The van der Waals surface area contributed by atoms with Crippen LogP contribution in [-0.4, -0.2) is 47.1 Å². The second-order valence-corrected chi connectivity index (χ2v) is 7.56. The second-order valence-electron chi connectivity index (χ2n) is 4.58. The van der Waals surface area contributed by atoms with E-state index < -0.39 is 27.9 Å². The summed E-state index contributed by atoms with van der Waals surface area (Å²) in [5.41, 5.74) is -0.121. The second kappa shape index (κ2) is 8.22. The van der Waals surface area contributed by atoms with Crippen LogP contribution in [0.1, 0.15) is 38.4 Å². The Morgan fingerprint density at radius 3 is 2.25 bits per heavy atom. The molecule has 0 aromatic carbocycles. The van der Waals surface area contributed by atoms with Crippen molar-refractivity contribution in [2.75, 3.05) is 20.8 Å². The number of hydrogen-bond donors (Lipinski definition) is 1. The van der Waals surface area contributed by atoms with Crippen LogP contribution in [0.25, 0.3) is 0 Å². The number of carboxylic acids is 1. The van der Waals surface area contributed by atoms with Gasteiger partial charge in [0, 0.05) is 12.5 Å². The van der Waals surface area contributed by atoms with Gasteiger partial charge in [-0.25, -0.2) is 22.7 Å². The molecule has 0 fully saturated rings. The van der Waals surface area contributed by atoms with Crippen molar-refractivity contribution in [3.8, 4) is 0 Å². The van der Waals surface area contributed by atoms with E-state index in [-0.39, 0.29) is 39.6 Å². The zero-order chi connectivity index (χ0) is 18.5. The Labute approximate surface area is 142 Å². The molecule has 0 radical (unpaired) electrons. The Balaban J connectivity index is 3.22. The van der Waals surface area contributed by atoms with Crippen LogP contribution in [-0.2, 0) is 24.3 Å². The van der Waals surface area contributed by atoms with Crippen molar-refractivity contribution in [1.29, 1.82) is 0 Å². The van der Waals surface area contributed by atoms with Crippen molar-refractivity contribution in [3.05, 3.63) is 16.0 Å². The molecule has 0 aliphatic carbocycles. The number of nitrogens with one attached hydrogen (secondary N) is 1. The predicted octanol–water partition coefficient (Wildman–Crippen LogP) is -0.562. The van der Waals surface area contributed by atoms with E-state index in [1.54, 1.807) is 0 Å². The van der Waals surface area contributed by atoms with Crippen LogP contribution < -0.4 is 9.83 Å². The van der Waals surface area contributed by atoms with Gasteiger partial charge in [0.15, 0.2) is 4.21 Å². The number of sulfonamides is 1. The highest BCUT2D eigenvalue weighted by molar-refractivity contribution is 7.91. The van der Waals surface area contributed by atoms with Gasteiger partial charge < -0.3 is 19.4 Å². The topological polar surface area (TPSA) is 139 Å². The number of rotatable bonds is 8. The summed E-state index contributed by atoms with van der Waals surface area (Å²) in [7, 11) is -1.93. The standard InChI is InChI=1S/C13H17NO8S2/c1-7-9(11(17)21-2)13(23-10(7)12(18)22-3)24(19,20)14-6-4-5-8(15)16/h14H,4-6H2,1-3H3,(H,15,16)/p-1. The Kier molecular flexibility index (Phi) is 6.87. The lowest BCUT2D eigenvalue weighted by atomic mass is 10.2. The van der Waals surface area contributed by atoms with Crippen LogP contribution in [0.2, 0.25) is 0 Å². The third kappa shape index (κ3) is 4.52. The summed E-state index contributed by atoms with van der Waals surface area (Å²) in [6.07, 6.45) is -0.299. The maximum atomic E-state index is 12.4. The van der Waals surface area contributed by atoms with Gasteiger partial charge in [0.05, 0.1) is 19.8 Å². The fourth-order valence-corrected chi connectivity index (χ4v) is 4.67. The van der Waals surface area contributed by atoms with Gasteiger partial charge in [-0.3, -0.25) is 0 Å². The number of hydrogen-bond acceptors (Lipinski definition) is 9. The number of thiophene rings is 1. The first-order valence-corrected chi connectivity index (χ1v) is 8.95. The largest absolute Gasteiger partial charge is 0.550 e. The van der Waals surface area contributed by atoms with E-state index in [9.17, 15) is 27.9 Å². The van der Waals surface area contributed by atoms with Crippen molar-refractivity contribution in [2.45, 2.75) is 24.0 Å². The van der Waals surface area contributed by atoms with E-state index in [0.29, 0.717) is 11.3 Å². The number of ether oxygens (including phenoxy) is 2. The molecule has 0 spiro atoms. The van der Waals surface area contributed by atoms with Gasteiger partial charge in [-0.05, 0) is 25.3 Å². The van der Waals surface area contributed by atoms with E-state index in [0.717, 1.165) is 14.2 Å². The van der Waals surface area contributed by atoms with Crippen LogP contribution in [0.15, 0.2) is 4.21 Å². The molecule has 24 heavy (non-hydrogen) atoms. The maximum Gasteiger partial charge on any atom is 0.348 e. The van der Waals surface area contributed by atoms with Crippen molar-refractivity contribution in [2.24, 2.45) is 0 Å². The highest BCUT2D eigenvalue weighted by Crippen LogP contribution is 2.33. The minimum Gasteiger partial charge on any atom is -0.550 e. The van der Waals surface area contributed by atoms with Gasteiger partial charge in [-0.15, -0.1) is 11.3 Å². The SMILES string of the molecule is COC(=O)c1sc(S(=O)(=O)NCCCC(=O)[O-])c(C(=O)OC)c1C. The van der Waals surface area contributed by atoms with Crippen LogP contribution in [0.4, 0.5) is 0 Å². The summed E-state index contributed by atoms with van der Waals surface area (Å²) < 4.78 is 35.7. The molecule has 0 saturated heterocycles. The number of methoxy groups -OCH3 is 2. The molecule has 134 valence electrons. The molecule has 1 N–H and O–H groups in total. The summed E-state index contributed by atoms with van der Waals surface area (Å²) in [6.45, 7) is 1.24. The van der Waals surface area contributed by atoms with Crippen LogP contribution in [0, 0.1) is 6.92 Å². The molecule has 0 aliphatic heterocycles. The molecular weight excluding hydrogens is 362 g/mol. The number of carbonyl (C=O) groups is 3. The smallest absolute Gasteiger partial charge is 0.348 e. The minimum atomic E-state index is -4.14. The van der Waals surface area contributed by atoms with Gasteiger partial charge >= 0.3 is 11.9 Å². The zero-order valence-corrected chi connectivity index (χ0v) is 14.8. The molecule has 1 rings (SSSR count). The highest BCUT2D eigenvalue weighted by atomic mass is 32.2. The summed E-state index contributed by atoms with van der Waals surface area (Å²) in [4.78, 5) is 33.9. The molecule has 1 heterocycles. The molecule has 0 saturated carbocycles. The summed E-state index contributed by atoms with van der Waals surface area (Å²) in [5.74, 6) is -2.99. The molecular formula is C13H16NO8S2-. The Morgan fingerprint density at radius 1 is 1.17 bits per heavy atom. The predicted molar refractivity (Wildman–Crippen MR) is 81.2 cm³/mol. The van der Waals surface area contributed by atoms with Crippen LogP contribution >= 0.6 is 11.3 Å². The van der Waals surface area contributed by atoms with Crippen molar-refractivity contribution >= 4 is 39.3 Å². The molecule has 0 atom stereocenters. The lowest BCUT2D eigenvalue weighted by Gasteiger charge is -2.07. The first-order chi connectivity index (χ1) is 11.2. The number of esters is 2. The van der Waals surface area contributed by atoms with E-state index in [2.05, 4.69) is 14.2 Å². The van der Waals surface area contributed by atoms with Gasteiger partial charge in [-0.2, -0.15) is 0 Å². The Morgan fingerprint density at radius 2 is 1.75 bits per heavy atom. The van der Waals surface area contributed by atoms with E-state index in [1.165, 1.54) is 6.92 Å². The monoisotopic (exact) mass is 378 g/mol. The quantitative estimate of drug-likeness (QED) is 0.469. The van der Waals surface area contributed by atoms with E-state index in [1.807, 2.05) is 0 Å². The molecule has 0 amide bonds. The molecule has 0 bridgehead atoms. The van der Waals surface area contributed by atoms with Crippen LogP contribution in [0.5, 0.6) is 0 Å². The third-order valence-corrected chi connectivity index (χ3v) is 6.22. The number of carboxylic acid groups (broad SMARTS) is 1. The van der Waals surface area contributed by atoms with Gasteiger partial charge in [-0.1, -0.05) is 0 Å². The van der Waals surface area contributed by atoms with Gasteiger partial charge in [0.1, 0.15) is 4.88 Å². The normalized spacial score (nSPS) is 11.1. The molecule has 0 unspecified atom stereocenters. The Hall–Kier alpha value is -1.98. The van der Waals surface area contributed by atoms with E-state index in [4.69, 9.17) is 0 Å². The van der Waals surface area contributed by atoms with Crippen molar-refractivity contribution < 1.29 is 37.4 Å². The lowest BCUT2D eigenvalue weighted by molar-refractivity contribution is -0.305. The summed E-state index contributed by atoms with van der Waals surface area (Å²) in [5, 5.41) is 10.3. The van der Waals surface area contributed by atoms with Crippen molar-refractivity contribution in [3.63, 3.8) is 0 Å². The summed E-state index contributed by atoms with van der Waals surface area (Å²) in [6, 6.07) is 0. The van der Waals surface area contributed by atoms with Gasteiger partial charge in [0.25, 0.3) is 10.0 Å². The highest BCUT2D eigenvalue weighted by Gasteiger charge is 2.32. The lowest BCUT2D eigenvalue weighted by Crippen LogP contribution is -2.28. The first kappa shape index (κ1) is 20.1. The van der Waals surface area contributed by atoms with Gasteiger partial charge in [0.2, 0.25) is 0 Å². The molecule has 1 aromatic heterocycles. The average molecular weight is 378 g/mol. The van der Waals surface area contributed by atoms with Crippen LogP contribution in [0.3, 0.4) is 0 Å². The summed E-state index contributed by atoms with van der Waals surface area (Å²) >= 11 is 0.579.